The summed E-state index contributed by atoms with van der Waals surface area (Å²) in [6.45, 7) is 6.20. The van der Waals surface area contributed by atoms with E-state index in [4.69, 9.17) is 0 Å². The van der Waals surface area contributed by atoms with Gasteiger partial charge in [0.25, 0.3) is 0 Å². The van der Waals surface area contributed by atoms with Crippen molar-refractivity contribution in [2.24, 2.45) is 5.92 Å². The Labute approximate surface area is 146 Å². The van der Waals surface area contributed by atoms with Crippen LogP contribution in [0.25, 0.3) is 0 Å². The van der Waals surface area contributed by atoms with Gasteiger partial charge in [0.05, 0.1) is 5.41 Å². The lowest BCUT2D eigenvalue weighted by Gasteiger charge is -2.38. The standard InChI is InChI=1S/C22H29NO/c1-17(2)21(24)22(16-18(3)23(4)5,19-12-8-6-9-13-19)20-14-10-7-11-15-20/h6-15,17-18H,16H2,1-5H3/t18-/m0/s1. The highest BCUT2D eigenvalue weighted by Crippen LogP contribution is 2.40. The normalized spacial score (nSPS) is 13.3. The molecule has 0 radical (unpaired) electrons. The second-order valence-electron chi connectivity index (χ2n) is 7.17. The van der Waals surface area contributed by atoms with Crippen molar-refractivity contribution in [3.05, 3.63) is 71.8 Å². The van der Waals surface area contributed by atoms with E-state index in [0.29, 0.717) is 0 Å². The molecule has 0 amide bonds. The minimum atomic E-state index is -0.611. The van der Waals surface area contributed by atoms with Crippen molar-refractivity contribution in [3.63, 3.8) is 0 Å². The summed E-state index contributed by atoms with van der Waals surface area (Å²) in [6, 6.07) is 20.8. The van der Waals surface area contributed by atoms with E-state index in [-0.39, 0.29) is 17.7 Å². The van der Waals surface area contributed by atoms with Gasteiger partial charge < -0.3 is 4.90 Å². The van der Waals surface area contributed by atoms with Gasteiger partial charge in [0.15, 0.2) is 0 Å². The van der Waals surface area contributed by atoms with Crippen molar-refractivity contribution in [1.29, 1.82) is 0 Å². The zero-order chi connectivity index (χ0) is 17.7. The lowest BCUT2D eigenvalue weighted by Crippen LogP contribution is -2.45. The molecule has 0 aliphatic heterocycles. The summed E-state index contributed by atoms with van der Waals surface area (Å²) in [6.07, 6.45) is 0.769. The van der Waals surface area contributed by atoms with E-state index in [1.807, 2.05) is 50.2 Å². The smallest absolute Gasteiger partial charge is 0.150 e. The predicted octanol–water partition coefficient (Wildman–Crippen LogP) is 4.54. The van der Waals surface area contributed by atoms with E-state index in [9.17, 15) is 4.79 Å². The number of hydrogen-bond acceptors (Lipinski definition) is 2. The summed E-state index contributed by atoms with van der Waals surface area (Å²) in [4.78, 5) is 15.7. The number of carbonyl (C=O) groups excluding carboxylic acids is 1. The van der Waals surface area contributed by atoms with Crippen LogP contribution in [0.2, 0.25) is 0 Å². The molecule has 0 bridgehead atoms. The van der Waals surface area contributed by atoms with Crippen LogP contribution >= 0.6 is 0 Å². The highest BCUT2D eigenvalue weighted by molar-refractivity contribution is 5.95. The van der Waals surface area contributed by atoms with Crippen LogP contribution in [0.3, 0.4) is 0 Å². The maximum absolute atomic E-state index is 13.5. The van der Waals surface area contributed by atoms with E-state index in [0.717, 1.165) is 17.5 Å². The van der Waals surface area contributed by atoms with Crippen LogP contribution in [0.5, 0.6) is 0 Å². The van der Waals surface area contributed by atoms with Gasteiger partial charge in [-0.25, -0.2) is 0 Å². The molecule has 0 aromatic heterocycles. The Kier molecular flexibility index (Phi) is 5.95. The van der Waals surface area contributed by atoms with Gasteiger partial charge in [0.2, 0.25) is 0 Å². The first-order chi connectivity index (χ1) is 11.4. The molecule has 128 valence electrons. The van der Waals surface area contributed by atoms with Gasteiger partial charge in [-0.05, 0) is 38.6 Å². The maximum Gasteiger partial charge on any atom is 0.150 e. The lowest BCUT2D eigenvalue weighted by atomic mass is 9.65. The molecule has 0 unspecified atom stereocenters. The van der Waals surface area contributed by atoms with Crippen LogP contribution in [0, 0.1) is 5.92 Å². The molecular formula is C22H29NO. The first kappa shape index (κ1) is 18.4. The van der Waals surface area contributed by atoms with E-state index in [1.165, 1.54) is 0 Å². The van der Waals surface area contributed by atoms with Gasteiger partial charge in [-0.15, -0.1) is 0 Å². The third-order valence-corrected chi connectivity index (χ3v) is 4.96. The Morgan fingerprint density at radius 3 is 1.62 bits per heavy atom. The third-order valence-electron chi connectivity index (χ3n) is 4.96. The fraction of sp³-hybridized carbons (Fsp3) is 0.409. The van der Waals surface area contributed by atoms with Crippen molar-refractivity contribution in [2.45, 2.75) is 38.6 Å². The molecule has 0 aliphatic rings. The summed E-state index contributed by atoms with van der Waals surface area (Å²) in [5.41, 5.74) is 1.56. The van der Waals surface area contributed by atoms with Gasteiger partial charge in [-0.3, -0.25) is 4.79 Å². The number of rotatable bonds is 7. The van der Waals surface area contributed by atoms with E-state index in [1.54, 1.807) is 0 Å². The van der Waals surface area contributed by atoms with Crippen LogP contribution in [0.4, 0.5) is 0 Å². The van der Waals surface area contributed by atoms with E-state index < -0.39 is 5.41 Å². The molecule has 0 spiro atoms. The van der Waals surface area contributed by atoms with Crippen molar-refractivity contribution in [2.75, 3.05) is 14.1 Å². The Hall–Kier alpha value is -1.93. The Bertz CT molecular complexity index is 607. The molecule has 0 N–H and O–H groups in total. The van der Waals surface area contributed by atoms with Crippen LogP contribution in [-0.2, 0) is 10.2 Å². The van der Waals surface area contributed by atoms with Crippen molar-refractivity contribution in [3.8, 4) is 0 Å². The van der Waals surface area contributed by atoms with Crippen LogP contribution in [-0.4, -0.2) is 30.8 Å². The van der Waals surface area contributed by atoms with Gasteiger partial charge in [0, 0.05) is 12.0 Å². The summed E-state index contributed by atoms with van der Waals surface area (Å²) >= 11 is 0. The molecular weight excluding hydrogens is 294 g/mol. The Morgan fingerprint density at radius 2 is 1.29 bits per heavy atom. The first-order valence-corrected chi connectivity index (χ1v) is 8.71. The molecule has 0 saturated carbocycles. The van der Waals surface area contributed by atoms with Gasteiger partial charge in [-0.1, -0.05) is 74.5 Å². The number of ketones is 1. The molecule has 0 saturated heterocycles. The average Bonchev–Trinajstić information content (AvgIpc) is 2.60. The van der Waals surface area contributed by atoms with Crippen molar-refractivity contribution < 1.29 is 4.79 Å². The average molecular weight is 323 g/mol. The molecule has 2 aromatic carbocycles. The number of benzene rings is 2. The molecule has 2 heteroatoms. The minimum absolute atomic E-state index is 0.0280. The van der Waals surface area contributed by atoms with Crippen LogP contribution in [0.1, 0.15) is 38.3 Å². The SMILES string of the molecule is CC(C)C(=O)C(C[C@H](C)N(C)C)(c1ccccc1)c1ccccc1. The van der Waals surface area contributed by atoms with Crippen molar-refractivity contribution >= 4 is 5.78 Å². The highest BCUT2D eigenvalue weighted by atomic mass is 16.1. The first-order valence-electron chi connectivity index (χ1n) is 8.71. The molecule has 2 rings (SSSR count). The third kappa shape index (κ3) is 3.59. The quantitative estimate of drug-likeness (QED) is 0.745. The van der Waals surface area contributed by atoms with Gasteiger partial charge in [0.1, 0.15) is 5.78 Å². The van der Waals surface area contributed by atoms with E-state index in [2.05, 4.69) is 50.2 Å². The maximum atomic E-state index is 13.5. The van der Waals surface area contributed by atoms with Crippen LogP contribution < -0.4 is 0 Å². The summed E-state index contributed by atoms with van der Waals surface area (Å²) in [7, 11) is 4.15. The van der Waals surface area contributed by atoms with E-state index >= 15 is 0 Å². The highest BCUT2D eigenvalue weighted by Gasteiger charge is 2.43. The zero-order valence-electron chi connectivity index (χ0n) is 15.5. The van der Waals surface area contributed by atoms with Gasteiger partial charge in [-0.2, -0.15) is 0 Å². The zero-order valence-corrected chi connectivity index (χ0v) is 15.5. The number of Topliss-reactive ketones (excluding diaryl/α,β-unsaturated/α-hetero) is 1. The molecule has 0 heterocycles. The van der Waals surface area contributed by atoms with Crippen LogP contribution in [0.15, 0.2) is 60.7 Å². The number of nitrogens with zero attached hydrogens (tertiary/aromatic N) is 1. The summed E-state index contributed by atoms with van der Waals surface area (Å²) in [5, 5.41) is 0. The molecule has 2 nitrogen and oxygen atoms in total. The monoisotopic (exact) mass is 323 g/mol. The Morgan fingerprint density at radius 1 is 0.875 bits per heavy atom. The molecule has 1 atom stereocenters. The molecule has 24 heavy (non-hydrogen) atoms. The summed E-state index contributed by atoms with van der Waals surface area (Å²) < 4.78 is 0. The predicted molar refractivity (Wildman–Crippen MR) is 101 cm³/mol. The minimum Gasteiger partial charge on any atom is -0.307 e. The fourth-order valence-electron chi connectivity index (χ4n) is 3.35. The summed E-state index contributed by atoms with van der Waals surface area (Å²) in [5.74, 6) is 0.258. The molecule has 0 fully saturated rings. The topological polar surface area (TPSA) is 20.3 Å². The molecule has 2 aromatic rings. The molecule has 0 aliphatic carbocycles. The second kappa shape index (κ2) is 7.76. The Balaban J connectivity index is 2.71. The fourth-order valence-corrected chi connectivity index (χ4v) is 3.35. The largest absolute Gasteiger partial charge is 0.307 e. The number of carbonyl (C=O) groups is 1. The van der Waals surface area contributed by atoms with Crippen molar-refractivity contribution in [1.82, 2.24) is 4.90 Å². The van der Waals surface area contributed by atoms with Gasteiger partial charge >= 0.3 is 0 Å². The lowest BCUT2D eigenvalue weighted by molar-refractivity contribution is -0.126. The number of hydrogen-bond donors (Lipinski definition) is 0. The second-order valence-corrected chi connectivity index (χ2v) is 7.17.